The van der Waals surface area contributed by atoms with Crippen LogP contribution < -0.4 is 10.9 Å². The van der Waals surface area contributed by atoms with Crippen LogP contribution in [0, 0.1) is 12.8 Å². The van der Waals surface area contributed by atoms with Gasteiger partial charge in [0.15, 0.2) is 0 Å². The van der Waals surface area contributed by atoms with E-state index in [1.54, 1.807) is 18.3 Å². The fraction of sp³-hybridized carbons (Fsp3) is 0.261. The zero-order chi connectivity index (χ0) is 21.1. The van der Waals surface area contributed by atoms with Crippen LogP contribution in [0.3, 0.4) is 0 Å². The molecule has 30 heavy (non-hydrogen) atoms. The van der Waals surface area contributed by atoms with Crippen LogP contribution in [0.25, 0.3) is 10.9 Å². The number of aromatic amines is 2. The lowest BCUT2D eigenvalue weighted by Gasteiger charge is -2.21. The molecule has 1 amide bonds. The summed E-state index contributed by atoms with van der Waals surface area (Å²) in [6.07, 6.45) is 3.18. The molecule has 0 aliphatic carbocycles. The number of rotatable bonds is 7. The summed E-state index contributed by atoms with van der Waals surface area (Å²) in [5.41, 5.74) is 2.46. The molecule has 3 aromatic heterocycles. The SMILES string of the molecule is Cc1nc([C@H](Cc2c[nH]c3ccccc23)NC(=O)[C@H](C)Cc2cccs2)cc(=O)[nH]1. The first-order valence-electron chi connectivity index (χ1n) is 9.95. The Morgan fingerprint density at radius 3 is 2.80 bits per heavy atom. The van der Waals surface area contributed by atoms with E-state index in [0.717, 1.165) is 16.5 Å². The molecular weight excluding hydrogens is 396 g/mol. The predicted octanol–water partition coefficient (Wildman–Crippen LogP) is 3.90. The summed E-state index contributed by atoms with van der Waals surface area (Å²) in [4.78, 5) is 36.7. The highest BCUT2D eigenvalue weighted by atomic mass is 32.1. The van der Waals surface area contributed by atoms with Crippen molar-refractivity contribution in [3.63, 3.8) is 0 Å². The van der Waals surface area contributed by atoms with Gasteiger partial charge >= 0.3 is 0 Å². The van der Waals surface area contributed by atoms with Gasteiger partial charge in [-0.15, -0.1) is 11.3 Å². The molecule has 3 heterocycles. The molecule has 7 heteroatoms. The molecule has 0 saturated heterocycles. The van der Waals surface area contributed by atoms with Crippen LogP contribution in [0.1, 0.15) is 34.9 Å². The minimum atomic E-state index is -0.400. The standard InChI is InChI=1S/C23H24N4O2S/c1-14(10-17-6-5-9-30-17)23(29)27-20(21-12-22(28)26-15(2)25-21)11-16-13-24-19-8-4-3-7-18(16)19/h3-9,12-14,20,24H,10-11H2,1-2H3,(H,27,29)(H,25,26,28)/t14-,20+/m1/s1. The third-order valence-electron chi connectivity index (χ3n) is 5.19. The lowest BCUT2D eigenvalue weighted by Crippen LogP contribution is -2.35. The van der Waals surface area contributed by atoms with Crippen LogP contribution in [0.2, 0.25) is 0 Å². The largest absolute Gasteiger partial charge is 0.361 e. The van der Waals surface area contributed by atoms with E-state index in [-0.39, 0.29) is 17.4 Å². The van der Waals surface area contributed by atoms with Crippen LogP contribution >= 0.6 is 11.3 Å². The Morgan fingerprint density at radius 1 is 1.20 bits per heavy atom. The zero-order valence-corrected chi connectivity index (χ0v) is 17.8. The predicted molar refractivity (Wildman–Crippen MR) is 120 cm³/mol. The summed E-state index contributed by atoms with van der Waals surface area (Å²) in [7, 11) is 0. The molecule has 4 rings (SSSR count). The molecule has 0 aliphatic heterocycles. The summed E-state index contributed by atoms with van der Waals surface area (Å²) in [6, 6.07) is 13.1. The summed E-state index contributed by atoms with van der Waals surface area (Å²) in [5.74, 6) is 0.299. The monoisotopic (exact) mass is 420 g/mol. The van der Waals surface area contributed by atoms with E-state index in [9.17, 15) is 9.59 Å². The lowest BCUT2D eigenvalue weighted by molar-refractivity contribution is -0.125. The van der Waals surface area contributed by atoms with Crippen LogP contribution in [-0.2, 0) is 17.6 Å². The fourth-order valence-corrected chi connectivity index (χ4v) is 4.50. The molecule has 154 valence electrons. The number of nitrogens with zero attached hydrogens (tertiary/aromatic N) is 1. The number of hydrogen-bond acceptors (Lipinski definition) is 4. The first-order chi connectivity index (χ1) is 14.5. The minimum Gasteiger partial charge on any atom is -0.361 e. The third kappa shape index (κ3) is 4.52. The maximum atomic E-state index is 13.0. The Kier molecular flexibility index (Phi) is 5.81. The Bertz CT molecular complexity index is 1210. The number of benzene rings is 1. The summed E-state index contributed by atoms with van der Waals surface area (Å²) in [5, 5.41) is 6.26. The van der Waals surface area contributed by atoms with E-state index in [1.165, 1.54) is 10.9 Å². The lowest BCUT2D eigenvalue weighted by atomic mass is 10.00. The molecule has 0 aliphatic rings. The molecule has 2 atom stereocenters. The second-order valence-electron chi connectivity index (χ2n) is 7.56. The average molecular weight is 421 g/mol. The summed E-state index contributed by atoms with van der Waals surface area (Å²) < 4.78 is 0. The Morgan fingerprint density at radius 2 is 2.03 bits per heavy atom. The number of aryl methyl sites for hydroxylation is 1. The molecule has 1 aromatic carbocycles. The van der Waals surface area contributed by atoms with Crippen LogP contribution in [0.4, 0.5) is 0 Å². The molecule has 0 bridgehead atoms. The number of nitrogens with one attached hydrogen (secondary N) is 3. The van der Waals surface area contributed by atoms with E-state index in [1.807, 2.05) is 48.8 Å². The number of hydrogen-bond donors (Lipinski definition) is 3. The Hall–Kier alpha value is -3.19. The number of H-pyrrole nitrogens is 2. The fourth-order valence-electron chi connectivity index (χ4n) is 3.67. The van der Waals surface area contributed by atoms with Gasteiger partial charge in [0, 0.05) is 40.4 Å². The van der Waals surface area contributed by atoms with Gasteiger partial charge in [-0.3, -0.25) is 9.59 Å². The highest BCUT2D eigenvalue weighted by Gasteiger charge is 2.23. The number of carbonyl (C=O) groups is 1. The van der Waals surface area contributed by atoms with Crippen molar-refractivity contribution < 1.29 is 4.79 Å². The van der Waals surface area contributed by atoms with Crippen LogP contribution in [-0.4, -0.2) is 20.9 Å². The highest BCUT2D eigenvalue weighted by Crippen LogP contribution is 2.24. The summed E-state index contributed by atoms with van der Waals surface area (Å²) >= 11 is 1.65. The van der Waals surface area contributed by atoms with E-state index in [0.29, 0.717) is 24.4 Å². The van der Waals surface area contributed by atoms with Crippen molar-refractivity contribution in [3.8, 4) is 0 Å². The average Bonchev–Trinajstić information content (AvgIpc) is 3.37. The van der Waals surface area contributed by atoms with E-state index in [4.69, 9.17) is 0 Å². The van der Waals surface area contributed by atoms with Gasteiger partial charge in [0.25, 0.3) is 5.56 Å². The van der Waals surface area contributed by atoms with Gasteiger partial charge in [-0.2, -0.15) is 0 Å². The zero-order valence-electron chi connectivity index (χ0n) is 16.9. The molecule has 0 spiro atoms. The number of thiophene rings is 1. The molecule has 0 fully saturated rings. The van der Waals surface area contributed by atoms with Crippen molar-refractivity contribution >= 4 is 28.1 Å². The van der Waals surface area contributed by atoms with Gasteiger partial charge in [0.05, 0.1) is 11.7 Å². The molecule has 6 nitrogen and oxygen atoms in total. The smallest absolute Gasteiger partial charge is 0.251 e. The number of aromatic nitrogens is 3. The third-order valence-corrected chi connectivity index (χ3v) is 6.09. The van der Waals surface area contributed by atoms with E-state index in [2.05, 4.69) is 26.3 Å². The first kappa shape index (κ1) is 20.1. The maximum absolute atomic E-state index is 13.0. The topological polar surface area (TPSA) is 90.6 Å². The number of para-hydroxylation sites is 1. The first-order valence-corrected chi connectivity index (χ1v) is 10.8. The van der Waals surface area contributed by atoms with Crippen molar-refractivity contribution in [2.75, 3.05) is 0 Å². The van der Waals surface area contributed by atoms with Crippen molar-refractivity contribution in [2.45, 2.75) is 32.7 Å². The highest BCUT2D eigenvalue weighted by molar-refractivity contribution is 7.09. The van der Waals surface area contributed by atoms with Gasteiger partial charge < -0.3 is 15.3 Å². The number of amides is 1. The van der Waals surface area contributed by atoms with Gasteiger partial charge in [0.1, 0.15) is 5.82 Å². The minimum absolute atomic E-state index is 0.0482. The maximum Gasteiger partial charge on any atom is 0.251 e. The second-order valence-corrected chi connectivity index (χ2v) is 8.60. The Labute approximate surface area is 178 Å². The normalized spacial score (nSPS) is 13.3. The van der Waals surface area contributed by atoms with Gasteiger partial charge in [-0.1, -0.05) is 31.2 Å². The molecule has 0 saturated carbocycles. The number of carbonyl (C=O) groups excluding carboxylic acids is 1. The molecular formula is C23H24N4O2S. The number of fused-ring (bicyclic) bond motifs is 1. The van der Waals surface area contributed by atoms with Crippen LogP contribution in [0.5, 0.6) is 0 Å². The molecule has 4 aromatic rings. The van der Waals surface area contributed by atoms with Gasteiger partial charge in [-0.25, -0.2) is 4.98 Å². The van der Waals surface area contributed by atoms with Crippen molar-refractivity contribution in [1.29, 1.82) is 0 Å². The quantitative estimate of drug-likeness (QED) is 0.423. The van der Waals surface area contributed by atoms with Crippen molar-refractivity contribution in [3.05, 3.63) is 86.4 Å². The molecule has 3 N–H and O–H groups in total. The van der Waals surface area contributed by atoms with E-state index >= 15 is 0 Å². The molecule has 0 unspecified atom stereocenters. The van der Waals surface area contributed by atoms with E-state index < -0.39 is 6.04 Å². The van der Waals surface area contributed by atoms with Crippen molar-refractivity contribution in [2.24, 2.45) is 5.92 Å². The van der Waals surface area contributed by atoms with Crippen molar-refractivity contribution in [1.82, 2.24) is 20.3 Å². The second kappa shape index (κ2) is 8.67. The Balaban J connectivity index is 1.61. The van der Waals surface area contributed by atoms with Gasteiger partial charge in [0.2, 0.25) is 5.91 Å². The summed E-state index contributed by atoms with van der Waals surface area (Å²) in [6.45, 7) is 3.67. The molecule has 0 radical (unpaired) electrons. The van der Waals surface area contributed by atoms with Gasteiger partial charge in [-0.05, 0) is 36.4 Å². The van der Waals surface area contributed by atoms with Crippen LogP contribution in [0.15, 0.2) is 58.8 Å².